The molecule has 0 unspecified atom stereocenters. The molecule has 0 aromatic carbocycles. The van der Waals surface area contributed by atoms with Crippen molar-refractivity contribution >= 4 is 16.0 Å². The van der Waals surface area contributed by atoms with E-state index in [4.69, 9.17) is 5.11 Å². The number of aromatic nitrogens is 1. The molecule has 0 amide bonds. The molecule has 0 aliphatic carbocycles. The number of pyridine rings is 1. The maximum atomic E-state index is 11.8. The third-order valence-electron chi connectivity index (χ3n) is 2.68. The van der Waals surface area contributed by atoms with Gasteiger partial charge in [0.1, 0.15) is 0 Å². The standard InChI is InChI=1S/C11H16N2O5S/c1-7-6-9(14)13(5-4-12-19(3,17)18)8(2)10(7)11(15)16/h6,12H,4-5H2,1-3H3,(H,15,16). The third-order valence-corrected chi connectivity index (χ3v) is 3.41. The van der Waals surface area contributed by atoms with Gasteiger partial charge in [-0.15, -0.1) is 0 Å². The lowest BCUT2D eigenvalue weighted by Crippen LogP contribution is -2.32. The van der Waals surface area contributed by atoms with Gasteiger partial charge in [-0.25, -0.2) is 17.9 Å². The molecule has 7 nitrogen and oxygen atoms in total. The lowest BCUT2D eigenvalue weighted by molar-refractivity contribution is 0.0694. The van der Waals surface area contributed by atoms with E-state index in [1.807, 2.05) is 0 Å². The fourth-order valence-electron chi connectivity index (χ4n) is 1.87. The van der Waals surface area contributed by atoms with E-state index in [1.54, 1.807) is 6.92 Å². The van der Waals surface area contributed by atoms with Crippen molar-refractivity contribution in [3.05, 3.63) is 33.2 Å². The number of rotatable bonds is 5. The monoisotopic (exact) mass is 288 g/mol. The first-order valence-corrected chi connectivity index (χ1v) is 7.41. The highest BCUT2D eigenvalue weighted by molar-refractivity contribution is 7.88. The molecule has 0 bridgehead atoms. The van der Waals surface area contributed by atoms with Crippen molar-refractivity contribution in [3.8, 4) is 0 Å². The predicted octanol–water partition coefficient (Wildman–Crippen LogP) is -0.287. The van der Waals surface area contributed by atoms with Crippen LogP contribution in [0.4, 0.5) is 0 Å². The smallest absolute Gasteiger partial charge is 0.337 e. The van der Waals surface area contributed by atoms with E-state index < -0.39 is 16.0 Å². The van der Waals surface area contributed by atoms with Crippen LogP contribution in [0, 0.1) is 13.8 Å². The second kappa shape index (κ2) is 5.54. The molecule has 0 saturated heterocycles. The van der Waals surface area contributed by atoms with Crippen LogP contribution in [0.25, 0.3) is 0 Å². The van der Waals surface area contributed by atoms with Gasteiger partial charge in [-0.2, -0.15) is 0 Å². The van der Waals surface area contributed by atoms with Gasteiger partial charge in [0.25, 0.3) is 5.56 Å². The first-order chi connectivity index (χ1) is 8.63. The molecule has 8 heteroatoms. The summed E-state index contributed by atoms with van der Waals surface area (Å²) in [5.41, 5.74) is 0.421. The van der Waals surface area contributed by atoms with Crippen LogP contribution >= 0.6 is 0 Å². The van der Waals surface area contributed by atoms with Gasteiger partial charge < -0.3 is 9.67 Å². The molecule has 1 rings (SSSR count). The van der Waals surface area contributed by atoms with Gasteiger partial charge in [-0.05, 0) is 19.4 Å². The molecule has 106 valence electrons. The van der Waals surface area contributed by atoms with Crippen LogP contribution in [0.5, 0.6) is 0 Å². The minimum absolute atomic E-state index is 0.0295. The van der Waals surface area contributed by atoms with Crippen LogP contribution in [-0.2, 0) is 16.6 Å². The maximum Gasteiger partial charge on any atom is 0.337 e. The summed E-state index contributed by atoms with van der Waals surface area (Å²) in [4.78, 5) is 22.9. The first kappa shape index (κ1) is 15.4. The van der Waals surface area contributed by atoms with E-state index in [9.17, 15) is 18.0 Å². The lowest BCUT2D eigenvalue weighted by atomic mass is 10.1. The zero-order chi connectivity index (χ0) is 14.8. The van der Waals surface area contributed by atoms with Crippen molar-refractivity contribution in [2.24, 2.45) is 0 Å². The topological polar surface area (TPSA) is 105 Å². The van der Waals surface area contributed by atoms with Crippen LogP contribution in [0.2, 0.25) is 0 Å². The van der Waals surface area contributed by atoms with Crippen molar-refractivity contribution in [1.29, 1.82) is 0 Å². The van der Waals surface area contributed by atoms with Gasteiger partial charge in [-0.1, -0.05) is 0 Å². The Morgan fingerprint density at radius 2 is 2.00 bits per heavy atom. The summed E-state index contributed by atoms with van der Waals surface area (Å²) in [6, 6.07) is 1.23. The van der Waals surface area contributed by atoms with Crippen molar-refractivity contribution in [3.63, 3.8) is 0 Å². The van der Waals surface area contributed by atoms with E-state index in [2.05, 4.69) is 4.72 Å². The highest BCUT2D eigenvalue weighted by atomic mass is 32.2. The summed E-state index contributed by atoms with van der Waals surface area (Å²) in [5, 5.41) is 9.09. The first-order valence-electron chi connectivity index (χ1n) is 5.52. The van der Waals surface area contributed by atoms with Gasteiger partial charge in [-0.3, -0.25) is 4.79 Å². The summed E-state index contributed by atoms with van der Waals surface area (Å²) in [6.07, 6.45) is 1.01. The van der Waals surface area contributed by atoms with Gasteiger partial charge in [0.2, 0.25) is 10.0 Å². The van der Waals surface area contributed by atoms with Gasteiger partial charge in [0.15, 0.2) is 0 Å². The predicted molar refractivity (Wildman–Crippen MR) is 70.0 cm³/mol. The number of nitrogens with one attached hydrogen (secondary N) is 1. The van der Waals surface area contributed by atoms with E-state index >= 15 is 0 Å². The average molecular weight is 288 g/mol. The summed E-state index contributed by atoms with van der Waals surface area (Å²) in [6.45, 7) is 3.19. The number of hydrogen-bond donors (Lipinski definition) is 2. The number of sulfonamides is 1. The molecule has 1 aromatic rings. The summed E-state index contributed by atoms with van der Waals surface area (Å²) < 4.78 is 25.4. The Hall–Kier alpha value is -1.67. The molecule has 1 aromatic heterocycles. The molecule has 0 aliphatic heterocycles. The molecule has 1 heterocycles. The molecule has 19 heavy (non-hydrogen) atoms. The number of hydrogen-bond acceptors (Lipinski definition) is 4. The SMILES string of the molecule is Cc1cc(=O)n(CCNS(C)(=O)=O)c(C)c1C(=O)O. The minimum Gasteiger partial charge on any atom is -0.478 e. The Morgan fingerprint density at radius 3 is 2.47 bits per heavy atom. The molecular weight excluding hydrogens is 272 g/mol. The van der Waals surface area contributed by atoms with E-state index in [1.165, 1.54) is 17.6 Å². The fourth-order valence-corrected chi connectivity index (χ4v) is 2.33. The second-order valence-electron chi connectivity index (χ2n) is 4.25. The average Bonchev–Trinajstić information content (AvgIpc) is 2.20. The van der Waals surface area contributed by atoms with Crippen molar-refractivity contribution < 1.29 is 18.3 Å². The van der Waals surface area contributed by atoms with Crippen molar-refractivity contribution in [2.45, 2.75) is 20.4 Å². The molecule has 0 aliphatic rings. The highest BCUT2D eigenvalue weighted by Crippen LogP contribution is 2.10. The van der Waals surface area contributed by atoms with E-state index in [0.29, 0.717) is 11.3 Å². The summed E-state index contributed by atoms with van der Waals surface area (Å²) in [7, 11) is -3.34. The Kier molecular flexibility index (Phi) is 4.48. The zero-order valence-corrected chi connectivity index (χ0v) is 11.7. The number of nitrogens with zero attached hydrogens (tertiary/aromatic N) is 1. The number of carboxylic acid groups (broad SMARTS) is 1. The summed E-state index contributed by atoms with van der Waals surface area (Å²) >= 11 is 0. The highest BCUT2D eigenvalue weighted by Gasteiger charge is 2.15. The number of aromatic carboxylic acids is 1. The van der Waals surface area contributed by atoms with Crippen LogP contribution < -0.4 is 10.3 Å². The van der Waals surface area contributed by atoms with Gasteiger partial charge in [0, 0.05) is 24.8 Å². The van der Waals surface area contributed by atoms with E-state index in [0.717, 1.165) is 6.26 Å². The van der Waals surface area contributed by atoms with Gasteiger partial charge >= 0.3 is 5.97 Å². The Balaban J connectivity index is 3.12. The van der Waals surface area contributed by atoms with Crippen LogP contribution in [0.15, 0.2) is 10.9 Å². The minimum atomic E-state index is -3.34. The number of aryl methyl sites for hydroxylation is 1. The van der Waals surface area contributed by atoms with Crippen molar-refractivity contribution in [2.75, 3.05) is 12.8 Å². The summed E-state index contributed by atoms with van der Waals surface area (Å²) in [5.74, 6) is -1.11. The molecule has 2 N–H and O–H groups in total. The molecule has 0 atom stereocenters. The number of carbonyl (C=O) groups is 1. The maximum absolute atomic E-state index is 11.8. The normalized spacial score (nSPS) is 11.5. The molecule has 0 spiro atoms. The Labute approximate surface area is 110 Å². The van der Waals surface area contributed by atoms with Crippen molar-refractivity contribution in [1.82, 2.24) is 9.29 Å². The zero-order valence-electron chi connectivity index (χ0n) is 10.9. The quantitative estimate of drug-likeness (QED) is 0.774. The number of carboxylic acids is 1. The molecule has 0 fully saturated rings. The van der Waals surface area contributed by atoms with Gasteiger partial charge in [0.05, 0.1) is 11.8 Å². The largest absolute Gasteiger partial charge is 0.478 e. The fraction of sp³-hybridized carbons (Fsp3) is 0.455. The van der Waals surface area contributed by atoms with Crippen LogP contribution in [0.1, 0.15) is 21.6 Å². The molecular formula is C11H16N2O5S. The van der Waals surface area contributed by atoms with Crippen LogP contribution in [0.3, 0.4) is 0 Å². The second-order valence-corrected chi connectivity index (χ2v) is 6.08. The van der Waals surface area contributed by atoms with Crippen LogP contribution in [-0.4, -0.2) is 36.9 Å². The third kappa shape index (κ3) is 3.90. The molecule has 0 saturated carbocycles. The van der Waals surface area contributed by atoms with E-state index in [-0.39, 0.29) is 24.2 Å². The Morgan fingerprint density at radius 1 is 1.42 bits per heavy atom. The lowest BCUT2D eigenvalue weighted by Gasteiger charge is -2.14. The Bertz CT molecular complexity index is 660. The molecule has 0 radical (unpaired) electrons.